The number of rotatable bonds is 9. The van der Waals surface area contributed by atoms with Crippen LogP contribution in [0.4, 0.5) is 0 Å². The fourth-order valence-electron chi connectivity index (χ4n) is 5.07. The molecule has 5 aromatic rings. The van der Waals surface area contributed by atoms with Crippen LogP contribution in [0.25, 0.3) is 33.6 Å². The van der Waals surface area contributed by atoms with E-state index in [1.165, 1.54) is 0 Å². The molecular formula is C34H36KN4O4. The van der Waals surface area contributed by atoms with Crippen molar-refractivity contribution < 1.29 is 9.26 Å². The van der Waals surface area contributed by atoms with Crippen LogP contribution in [0.5, 0.6) is 5.75 Å². The van der Waals surface area contributed by atoms with Crippen molar-refractivity contribution in [1.82, 2.24) is 19.7 Å². The van der Waals surface area contributed by atoms with Crippen LogP contribution < -0.4 is 16.1 Å². The largest absolute Gasteiger partial charge is 0.488 e. The molecule has 2 aromatic heterocycles. The molecule has 0 spiro atoms. The van der Waals surface area contributed by atoms with Gasteiger partial charge in [0.15, 0.2) is 5.82 Å². The van der Waals surface area contributed by atoms with Crippen LogP contribution in [-0.4, -0.2) is 76.7 Å². The van der Waals surface area contributed by atoms with Gasteiger partial charge in [-0.1, -0.05) is 79.7 Å². The Morgan fingerprint density at radius 2 is 1.53 bits per heavy atom. The Kier molecular flexibility index (Phi) is 10.8. The predicted molar refractivity (Wildman–Crippen MR) is 171 cm³/mol. The van der Waals surface area contributed by atoms with Gasteiger partial charge in [0.1, 0.15) is 17.2 Å². The maximum Gasteiger partial charge on any atom is 0.439 e. The Balaban J connectivity index is 0.00000423. The van der Waals surface area contributed by atoms with Gasteiger partial charge in [0.2, 0.25) is 0 Å². The molecule has 43 heavy (non-hydrogen) atoms. The summed E-state index contributed by atoms with van der Waals surface area (Å²) in [4.78, 5) is 33.3. The molecule has 8 nitrogen and oxygen atoms in total. The molecule has 3 aromatic carbocycles. The summed E-state index contributed by atoms with van der Waals surface area (Å²) in [5.74, 6) is 1.33. The third kappa shape index (κ3) is 7.71. The van der Waals surface area contributed by atoms with Crippen LogP contribution in [0.1, 0.15) is 58.1 Å². The Labute approximate surface area is 294 Å². The average Bonchev–Trinajstić information content (AvgIpc) is 3.41. The van der Waals surface area contributed by atoms with Crippen molar-refractivity contribution in [1.29, 1.82) is 0 Å². The zero-order valence-electron chi connectivity index (χ0n) is 25.7. The van der Waals surface area contributed by atoms with Crippen LogP contribution in [0.3, 0.4) is 0 Å². The molecule has 0 aliphatic heterocycles. The van der Waals surface area contributed by atoms with E-state index in [9.17, 15) is 9.59 Å². The summed E-state index contributed by atoms with van der Waals surface area (Å²) < 4.78 is 12.5. The molecule has 0 fully saturated rings. The van der Waals surface area contributed by atoms with Crippen molar-refractivity contribution >= 4 is 51.4 Å². The fraction of sp³-hybridized carbons (Fsp3) is 0.294. The monoisotopic (exact) mass is 603 g/mol. The fourth-order valence-corrected chi connectivity index (χ4v) is 5.07. The minimum atomic E-state index is -0.597. The average molecular weight is 604 g/mol. The number of H-pyrrole nitrogens is 1. The summed E-state index contributed by atoms with van der Waals surface area (Å²) in [6.07, 6.45) is 2.25. The van der Waals surface area contributed by atoms with Gasteiger partial charge in [0.05, 0.1) is 17.8 Å². The second kappa shape index (κ2) is 14.1. The zero-order chi connectivity index (χ0) is 29.9. The van der Waals surface area contributed by atoms with Crippen molar-refractivity contribution in [2.24, 2.45) is 0 Å². The van der Waals surface area contributed by atoms with Gasteiger partial charge in [-0.25, -0.2) is 9.78 Å². The summed E-state index contributed by atoms with van der Waals surface area (Å²) in [7, 11) is 0. The van der Waals surface area contributed by atoms with Crippen LogP contribution in [0.15, 0.2) is 86.9 Å². The first-order chi connectivity index (χ1) is 20.2. The molecule has 0 amide bonds. The number of hydrogen-bond donors (Lipinski definition) is 1. The summed E-state index contributed by atoms with van der Waals surface area (Å²) in [5.41, 5.74) is 5.54. The molecule has 5 rings (SSSR count). The first-order valence-electron chi connectivity index (χ1n) is 14.3. The van der Waals surface area contributed by atoms with Gasteiger partial charge in [-0.3, -0.25) is 18.9 Å². The van der Waals surface area contributed by atoms with E-state index < -0.39 is 5.76 Å². The molecule has 0 saturated carbocycles. The van der Waals surface area contributed by atoms with E-state index in [0.717, 1.165) is 51.5 Å². The van der Waals surface area contributed by atoms with E-state index in [4.69, 9.17) is 14.2 Å². The summed E-state index contributed by atoms with van der Waals surface area (Å²) in [6, 6.07) is 23.5. The minimum absolute atomic E-state index is 0. The first-order valence-corrected chi connectivity index (χ1v) is 14.3. The smallest absolute Gasteiger partial charge is 0.439 e. The molecule has 0 aliphatic rings. The summed E-state index contributed by atoms with van der Waals surface area (Å²) in [6.45, 7) is 10.6. The Morgan fingerprint density at radius 3 is 2.12 bits per heavy atom. The molecule has 0 atom stereocenters. The zero-order valence-corrected chi connectivity index (χ0v) is 28.9. The molecule has 0 saturated heterocycles. The number of ether oxygens (including phenoxy) is 1. The molecule has 217 valence electrons. The Hall–Kier alpha value is -3.08. The van der Waals surface area contributed by atoms with Gasteiger partial charge in [-0.15, -0.1) is 0 Å². The van der Waals surface area contributed by atoms with Crippen molar-refractivity contribution in [3.05, 3.63) is 111 Å². The van der Waals surface area contributed by atoms with E-state index in [1.54, 1.807) is 4.57 Å². The van der Waals surface area contributed by atoms with Gasteiger partial charge in [-0.05, 0) is 68.0 Å². The van der Waals surface area contributed by atoms with E-state index in [0.29, 0.717) is 30.8 Å². The van der Waals surface area contributed by atoms with Crippen LogP contribution >= 0.6 is 0 Å². The third-order valence-electron chi connectivity index (χ3n) is 6.93. The van der Waals surface area contributed by atoms with Gasteiger partial charge in [-0.2, -0.15) is 0 Å². The molecule has 9 heteroatoms. The number of aromatic nitrogens is 4. The predicted octanol–water partition coefficient (Wildman–Crippen LogP) is 6.28. The van der Waals surface area contributed by atoms with Gasteiger partial charge >= 0.3 is 5.76 Å². The minimum Gasteiger partial charge on any atom is -0.488 e. The topological polar surface area (TPSA) is 103 Å². The van der Waals surface area contributed by atoms with Gasteiger partial charge < -0.3 is 4.74 Å². The molecular weight excluding hydrogens is 567 g/mol. The van der Waals surface area contributed by atoms with Crippen LogP contribution in [-0.2, 0) is 19.4 Å². The normalized spacial score (nSPS) is 11.3. The summed E-state index contributed by atoms with van der Waals surface area (Å²) >= 11 is 0. The molecule has 1 N–H and O–H groups in total. The first kappa shape index (κ1) is 32.8. The number of nitrogens with one attached hydrogen (secondary N) is 1. The standard InChI is InChI=1S/C34H36N4O4.K/c1-6-10-29-35-28(7-2)30(24-17-19-25(20-18-24)41-34(3,4)5)32(39)38(29)21-22-13-15-23(16-14-22)26-11-8-9-12-27(26)31-36-33(40)42-37-31;/h8-9,11-20H,6-7,10,21H2,1-5H3,(H,36,37,40);. The second-order valence-electron chi connectivity index (χ2n) is 11.3. The van der Waals surface area contributed by atoms with Crippen molar-refractivity contribution in [3.8, 4) is 39.4 Å². The van der Waals surface area contributed by atoms with E-state index >= 15 is 0 Å². The van der Waals surface area contributed by atoms with E-state index in [1.807, 2.05) is 100 Å². The Morgan fingerprint density at radius 1 is 0.884 bits per heavy atom. The number of hydrogen-bond acceptors (Lipinski definition) is 6. The maximum atomic E-state index is 14.1. The molecule has 1 radical (unpaired) electrons. The van der Waals surface area contributed by atoms with Crippen molar-refractivity contribution in [2.75, 3.05) is 0 Å². The van der Waals surface area contributed by atoms with Gasteiger partial charge in [0.25, 0.3) is 5.56 Å². The number of benzene rings is 3. The molecule has 2 heterocycles. The molecule has 0 unspecified atom stereocenters. The maximum absolute atomic E-state index is 14.1. The number of aryl methyl sites for hydroxylation is 2. The SMILES string of the molecule is CCCc1nc(CC)c(-c2ccc(OC(C)(C)C)cc2)c(=O)n1Cc1ccc(-c2ccccc2-c2noc(=O)[nH]2)cc1.[K]. The number of nitrogens with zero attached hydrogens (tertiary/aromatic N) is 3. The Bertz CT molecular complexity index is 1800. The van der Waals surface area contributed by atoms with Crippen LogP contribution in [0.2, 0.25) is 0 Å². The summed E-state index contributed by atoms with van der Waals surface area (Å²) in [5, 5.41) is 3.85. The second-order valence-corrected chi connectivity index (χ2v) is 11.3. The van der Waals surface area contributed by atoms with E-state index in [2.05, 4.69) is 17.1 Å². The van der Waals surface area contributed by atoms with Crippen molar-refractivity contribution in [3.63, 3.8) is 0 Å². The third-order valence-corrected chi connectivity index (χ3v) is 6.93. The van der Waals surface area contributed by atoms with Crippen LogP contribution in [0, 0.1) is 0 Å². The molecule has 0 aliphatic carbocycles. The number of aromatic amines is 1. The quantitative estimate of drug-likeness (QED) is 0.199. The van der Waals surface area contributed by atoms with Gasteiger partial charge in [0, 0.05) is 63.4 Å². The molecule has 0 bridgehead atoms. The van der Waals surface area contributed by atoms with E-state index in [-0.39, 0.29) is 62.5 Å². The van der Waals surface area contributed by atoms with Crippen molar-refractivity contribution in [2.45, 2.75) is 66.0 Å².